The Morgan fingerprint density at radius 2 is 1.29 bits per heavy atom. The zero-order chi connectivity index (χ0) is 57.1. The number of rotatable bonds is 9. The van der Waals surface area contributed by atoms with Crippen LogP contribution in [0.1, 0.15) is 80.6 Å². The Hall–Kier alpha value is -7.33. The fourth-order valence-corrected chi connectivity index (χ4v) is 8.92. The Bertz CT molecular complexity index is 4200. The van der Waals surface area contributed by atoms with Gasteiger partial charge in [-0.15, -0.1) is 29.7 Å². The van der Waals surface area contributed by atoms with Gasteiger partial charge in [0.2, 0.25) is 0 Å². The Labute approximate surface area is 441 Å². The monoisotopic (exact) mass is 1100 g/mol. The maximum absolute atomic E-state index is 9.91. The van der Waals surface area contributed by atoms with Gasteiger partial charge in [0, 0.05) is 51.2 Å². The number of nitrogens with zero attached hydrogens (tertiary/aromatic N) is 4. The van der Waals surface area contributed by atoms with Gasteiger partial charge in [0.25, 0.3) is 6.33 Å². The quantitative estimate of drug-likeness (QED) is 0.107. The molecule has 3 aromatic heterocycles. The van der Waals surface area contributed by atoms with Gasteiger partial charge < -0.3 is 13.9 Å². The first-order chi connectivity index (χ1) is 37.9. The van der Waals surface area contributed by atoms with E-state index in [1.807, 2.05) is 92.0 Å². The van der Waals surface area contributed by atoms with Gasteiger partial charge in [-0.2, -0.15) is 18.2 Å². The van der Waals surface area contributed by atoms with E-state index in [1.54, 1.807) is 39.5 Å². The first kappa shape index (κ1) is 34.9. The third-order valence-corrected chi connectivity index (χ3v) is 12.8. The summed E-state index contributed by atoms with van der Waals surface area (Å²) in [4.78, 5) is 5.14. The first-order valence-electron chi connectivity index (χ1n) is 28.4. The van der Waals surface area contributed by atoms with Gasteiger partial charge >= 0.3 is 0 Å². The normalized spacial score (nSPS) is 15.0. The standard InChI is InChI=1S/C64H54N4O.Pt/c1-43(63(2,3)4)54-40-61(65-41-56(54)46-25-15-10-16-26-46)68-57-36-33-47(64(5,6)7)37-55(57)53-35-34-50(39-60(53)68)69-49-28-19-27-48(38-49)66-42-67(59-32-18-17-31-58(59)66)62-51(44-21-11-8-12-22-44)29-20-30-52(62)45-23-13-9-14-24-45;/h8-37,40-41,43H,1-7H3;/q-2;/i8D,9D,11D,12D,13D,14D,21D,22D,23D,24D,43D;. The molecule has 6 heteroatoms. The molecule has 0 N–H and O–H groups in total. The van der Waals surface area contributed by atoms with Crippen LogP contribution < -0.4 is 9.30 Å². The zero-order valence-electron chi connectivity index (χ0n) is 50.7. The van der Waals surface area contributed by atoms with Crippen molar-refractivity contribution in [2.45, 2.75) is 59.8 Å². The molecule has 0 aliphatic carbocycles. The third-order valence-electron chi connectivity index (χ3n) is 12.8. The number of ether oxygens (including phenoxy) is 1. The third kappa shape index (κ3) is 8.58. The largest absolute Gasteiger partial charge is 0.510 e. The summed E-state index contributed by atoms with van der Waals surface area (Å²) in [7, 11) is 0. The van der Waals surface area contributed by atoms with Crippen molar-refractivity contribution in [2.75, 3.05) is 0 Å². The SMILES string of the molecule is [2H]c1c([2H])c([2H])c(-c2cccc(-c3c([2H])c([2H])c([2H])c([2H])c3[2H])c2-[n+]2[c-]n(-c3[c-]c(Oc4[c-]c5c(cc4)c4cc(C(C)(C)C)ccc4n5-c4cc(C([2H])(C)C(C)(C)C)c(-c5ccccc5)cn4)ccc3)c3ccccc32)c([2H])c1[2H].[Pt]. The van der Waals surface area contributed by atoms with Crippen molar-refractivity contribution in [3.05, 3.63) is 224 Å². The average molecular weight is 1100 g/mol. The summed E-state index contributed by atoms with van der Waals surface area (Å²) in [6.45, 7) is 14.8. The summed E-state index contributed by atoms with van der Waals surface area (Å²) in [5.41, 5.74) is 6.59. The minimum absolute atomic E-state index is 0. The van der Waals surface area contributed by atoms with Gasteiger partial charge in [0.05, 0.1) is 30.4 Å². The summed E-state index contributed by atoms with van der Waals surface area (Å²) in [5, 5.41) is 1.94. The molecule has 1 unspecified atom stereocenters. The summed E-state index contributed by atoms with van der Waals surface area (Å²) in [6.07, 6.45) is 5.29. The minimum atomic E-state index is -1.03. The molecular formula is C64H54N4OPt-2. The fourth-order valence-electron chi connectivity index (χ4n) is 8.92. The van der Waals surface area contributed by atoms with Gasteiger partial charge in [-0.3, -0.25) is 4.57 Å². The second-order valence-corrected chi connectivity index (χ2v) is 19.2. The second-order valence-electron chi connectivity index (χ2n) is 19.2. The molecule has 348 valence electrons. The van der Waals surface area contributed by atoms with Crippen molar-refractivity contribution in [2.24, 2.45) is 5.41 Å². The Kier molecular flexibility index (Phi) is 9.23. The number of benzene rings is 8. The van der Waals surface area contributed by atoms with Crippen molar-refractivity contribution in [3.8, 4) is 62.1 Å². The van der Waals surface area contributed by atoms with Crippen LogP contribution in [-0.4, -0.2) is 14.1 Å². The number of hydrogen-bond donors (Lipinski definition) is 0. The van der Waals surface area contributed by atoms with Crippen LogP contribution in [0, 0.1) is 23.9 Å². The van der Waals surface area contributed by atoms with Gasteiger partial charge in [-0.25, -0.2) is 4.98 Å². The number of pyridine rings is 1. The first-order valence-corrected chi connectivity index (χ1v) is 22.9. The van der Waals surface area contributed by atoms with Crippen LogP contribution in [0.3, 0.4) is 0 Å². The van der Waals surface area contributed by atoms with Crippen LogP contribution in [0.4, 0.5) is 0 Å². The molecule has 11 aromatic rings. The number of aromatic nitrogens is 4. The molecule has 0 spiro atoms. The van der Waals surface area contributed by atoms with Crippen LogP contribution in [0.5, 0.6) is 11.5 Å². The van der Waals surface area contributed by atoms with Gasteiger partial charge in [-0.1, -0.05) is 199 Å². The van der Waals surface area contributed by atoms with Crippen molar-refractivity contribution >= 4 is 32.8 Å². The van der Waals surface area contributed by atoms with Gasteiger partial charge in [0.1, 0.15) is 5.82 Å². The molecule has 1 atom stereocenters. The van der Waals surface area contributed by atoms with E-state index in [4.69, 9.17) is 23.4 Å². The predicted octanol–water partition coefficient (Wildman–Crippen LogP) is 16.0. The molecule has 0 saturated carbocycles. The maximum atomic E-state index is 9.91. The van der Waals surface area contributed by atoms with Crippen molar-refractivity contribution in [3.63, 3.8) is 0 Å². The average Bonchev–Trinajstić information content (AvgIpc) is 4.07. The van der Waals surface area contributed by atoms with Gasteiger partial charge in [-0.05, 0) is 78.9 Å². The van der Waals surface area contributed by atoms with E-state index in [0.29, 0.717) is 39.6 Å². The van der Waals surface area contributed by atoms with E-state index < -0.39 is 71.7 Å². The fraction of sp³-hybridized carbons (Fsp3) is 0.156. The van der Waals surface area contributed by atoms with Crippen molar-refractivity contribution in [1.29, 1.82) is 0 Å². The summed E-state index contributed by atoms with van der Waals surface area (Å²) in [5.74, 6) is 0.309. The summed E-state index contributed by atoms with van der Waals surface area (Å²) < 4.78 is 109. The van der Waals surface area contributed by atoms with Crippen molar-refractivity contribution in [1.82, 2.24) is 14.1 Å². The molecule has 0 aliphatic heterocycles. The molecule has 8 aromatic carbocycles. The van der Waals surface area contributed by atoms with Crippen LogP contribution in [-0.2, 0) is 26.5 Å². The summed E-state index contributed by atoms with van der Waals surface area (Å²) in [6, 6.07) is 41.6. The smallest absolute Gasteiger partial charge is 0.268 e. The molecule has 0 saturated heterocycles. The molecule has 3 heterocycles. The van der Waals surface area contributed by atoms with Crippen LogP contribution in [0.25, 0.3) is 83.4 Å². The minimum Gasteiger partial charge on any atom is -0.510 e. The van der Waals surface area contributed by atoms with E-state index >= 15 is 0 Å². The number of fused-ring (bicyclic) bond motifs is 4. The van der Waals surface area contributed by atoms with Gasteiger partial charge in [0.15, 0.2) is 0 Å². The van der Waals surface area contributed by atoms with E-state index in [-0.39, 0.29) is 54.4 Å². The number of imidazole rings is 1. The molecule has 0 radical (unpaired) electrons. The van der Waals surface area contributed by atoms with Crippen molar-refractivity contribution < 1.29 is 45.4 Å². The second kappa shape index (κ2) is 18.5. The molecule has 70 heavy (non-hydrogen) atoms. The van der Waals surface area contributed by atoms with E-state index in [2.05, 4.69) is 82.8 Å². The molecule has 0 bridgehead atoms. The van der Waals surface area contributed by atoms with Crippen LogP contribution in [0.15, 0.2) is 194 Å². The zero-order valence-corrected chi connectivity index (χ0v) is 42.0. The molecule has 0 aliphatic rings. The molecular weight excluding hydrogens is 1040 g/mol. The topological polar surface area (TPSA) is 35.9 Å². The Balaban J connectivity index is 0.00000736. The maximum Gasteiger partial charge on any atom is 0.268 e. The van der Waals surface area contributed by atoms with E-state index in [0.717, 1.165) is 38.5 Å². The molecule has 0 fully saturated rings. The summed E-state index contributed by atoms with van der Waals surface area (Å²) >= 11 is 0. The molecule has 5 nitrogen and oxygen atoms in total. The Morgan fingerprint density at radius 1 is 0.629 bits per heavy atom. The van der Waals surface area contributed by atoms with Crippen LogP contribution >= 0.6 is 0 Å². The predicted molar refractivity (Wildman–Crippen MR) is 283 cm³/mol. The number of para-hydroxylation sites is 3. The molecule has 11 rings (SSSR count). The van der Waals surface area contributed by atoms with E-state index in [1.165, 1.54) is 0 Å². The Morgan fingerprint density at radius 3 is 1.97 bits per heavy atom. The number of hydrogen-bond acceptors (Lipinski definition) is 2. The molecule has 0 amide bonds. The van der Waals surface area contributed by atoms with E-state index in [9.17, 15) is 1.37 Å². The van der Waals surface area contributed by atoms with Crippen LogP contribution in [0.2, 0.25) is 0 Å².